The van der Waals surface area contributed by atoms with Crippen LogP contribution in [-0.2, 0) is 14.1 Å². The third kappa shape index (κ3) is 1.37. The first-order valence-corrected chi connectivity index (χ1v) is 4.76. The molecule has 0 N–H and O–H groups in total. The maximum absolute atomic E-state index is 5.09. The first-order chi connectivity index (χ1) is 6.70. The molecule has 4 heteroatoms. The van der Waals surface area contributed by atoms with E-state index in [2.05, 4.69) is 4.98 Å². The molecule has 0 atom stereocenters. The number of hydrogen-bond acceptors (Lipinski definition) is 2. The maximum Gasteiger partial charge on any atom is 0.216 e. The van der Waals surface area contributed by atoms with Gasteiger partial charge >= 0.3 is 0 Å². The van der Waals surface area contributed by atoms with Crippen molar-refractivity contribution in [1.29, 1.82) is 0 Å². The van der Waals surface area contributed by atoms with Crippen molar-refractivity contribution in [3.8, 4) is 11.4 Å². The van der Waals surface area contributed by atoms with Gasteiger partial charge in [-0.25, -0.2) is 0 Å². The van der Waals surface area contributed by atoms with E-state index >= 15 is 0 Å². The molecule has 0 radical (unpaired) electrons. The van der Waals surface area contributed by atoms with Gasteiger partial charge in [-0.2, -0.15) is 4.98 Å². The number of benzene rings is 1. The predicted octanol–water partition coefficient (Wildman–Crippen LogP) is 2.16. The lowest BCUT2D eigenvalue weighted by molar-refractivity contribution is 0.594. The normalized spacial score (nSPS) is 10.4. The highest BCUT2D eigenvalue weighted by Gasteiger charge is 2.05. The van der Waals surface area contributed by atoms with Crippen molar-refractivity contribution in [1.82, 2.24) is 14.3 Å². The first-order valence-electron chi connectivity index (χ1n) is 4.35. The summed E-state index contributed by atoms with van der Waals surface area (Å²) >= 11 is 5.09. The lowest BCUT2D eigenvalue weighted by Crippen LogP contribution is -2.04. The number of aromatic nitrogens is 3. The fourth-order valence-corrected chi connectivity index (χ4v) is 1.55. The quantitative estimate of drug-likeness (QED) is 0.666. The molecule has 0 saturated carbocycles. The second kappa shape index (κ2) is 3.38. The van der Waals surface area contributed by atoms with Crippen LogP contribution >= 0.6 is 12.2 Å². The molecule has 2 aromatic rings. The van der Waals surface area contributed by atoms with E-state index in [0.717, 1.165) is 11.4 Å². The van der Waals surface area contributed by atoms with Gasteiger partial charge in [-0.3, -0.25) is 9.36 Å². The molecular weight excluding hydrogens is 194 g/mol. The zero-order chi connectivity index (χ0) is 10.1. The van der Waals surface area contributed by atoms with Gasteiger partial charge < -0.3 is 0 Å². The molecule has 0 unspecified atom stereocenters. The Morgan fingerprint density at radius 2 is 1.71 bits per heavy atom. The van der Waals surface area contributed by atoms with E-state index in [-0.39, 0.29) is 0 Å². The molecule has 0 saturated heterocycles. The van der Waals surface area contributed by atoms with E-state index in [1.165, 1.54) is 0 Å². The van der Waals surface area contributed by atoms with E-state index in [9.17, 15) is 0 Å². The van der Waals surface area contributed by atoms with Crippen LogP contribution < -0.4 is 0 Å². The Morgan fingerprint density at radius 1 is 1.07 bits per heavy atom. The summed E-state index contributed by atoms with van der Waals surface area (Å²) < 4.78 is 4.39. The fourth-order valence-electron chi connectivity index (χ4n) is 1.34. The molecule has 0 aliphatic heterocycles. The van der Waals surface area contributed by atoms with Gasteiger partial charge in [0.05, 0.1) is 0 Å². The monoisotopic (exact) mass is 205 g/mol. The van der Waals surface area contributed by atoms with E-state index in [4.69, 9.17) is 12.2 Å². The van der Waals surface area contributed by atoms with Crippen LogP contribution in [0.15, 0.2) is 30.3 Å². The fraction of sp³-hybridized carbons (Fsp3) is 0.200. The molecule has 1 aromatic carbocycles. The Kier molecular flexibility index (Phi) is 2.21. The highest BCUT2D eigenvalue weighted by molar-refractivity contribution is 7.71. The van der Waals surface area contributed by atoms with Gasteiger partial charge in [0.25, 0.3) is 0 Å². The Morgan fingerprint density at radius 3 is 2.21 bits per heavy atom. The average molecular weight is 205 g/mol. The van der Waals surface area contributed by atoms with Gasteiger partial charge in [0, 0.05) is 19.7 Å². The number of rotatable bonds is 1. The summed E-state index contributed by atoms with van der Waals surface area (Å²) in [5.74, 6) is 0.901. The van der Waals surface area contributed by atoms with Gasteiger partial charge in [0.1, 0.15) is 0 Å². The Hall–Kier alpha value is -1.42. The molecule has 0 amide bonds. The Balaban J connectivity index is 2.64. The minimum atomic E-state index is 0.603. The zero-order valence-corrected chi connectivity index (χ0v) is 8.95. The minimum Gasteiger partial charge on any atom is -0.269 e. The highest BCUT2D eigenvalue weighted by atomic mass is 32.1. The van der Waals surface area contributed by atoms with Crippen molar-refractivity contribution in [2.75, 3.05) is 0 Å². The molecule has 72 valence electrons. The molecule has 0 aliphatic carbocycles. The topological polar surface area (TPSA) is 22.8 Å². The van der Waals surface area contributed by atoms with Crippen LogP contribution in [-0.4, -0.2) is 14.3 Å². The van der Waals surface area contributed by atoms with Crippen LogP contribution in [0.25, 0.3) is 11.4 Å². The van der Waals surface area contributed by atoms with E-state index in [1.54, 1.807) is 0 Å². The molecule has 2 rings (SSSR count). The first kappa shape index (κ1) is 9.15. The summed E-state index contributed by atoms with van der Waals surface area (Å²) in [6.45, 7) is 0. The maximum atomic E-state index is 5.09. The van der Waals surface area contributed by atoms with Crippen LogP contribution in [0.4, 0.5) is 0 Å². The van der Waals surface area contributed by atoms with Crippen molar-refractivity contribution in [3.05, 3.63) is 35.1 Å². The van der Waals surface area contributed by atoms with Crippen LogP contribution in [0.3, 0.4) is 0 Å². The number of nitrogens with zero attached hydrogens (tertiary/aromatic N) is 3. The van der Waals surface area contributed by atoms with Crippen molar-refractivity contribution >= 4 is 12.2 Å². The number of hydrogen-bond donors (Lipinski definition) is 0. The van der Waals surface area contributed by atoms with Gasteiger partial charge in [0.15, 0.2) is 5.82 Å². The summed E-state index contributed by atoms with van der Waals surface area (Å²) in [6, 6.07) is 10.0. The molecule has 14 heavy (non-hydrogen) atoms. The van der Waals surface area contributed by atoms with Crippen molar-refractivity contribution in [3.63, 3.8) is 0 Å². The Bertz CT molecular complexity index is 496. The summed E-state index contributed by atoms with van der Waals surface area (Å²) in [7, 11) is 3.85. The second-order valence-corrected chi connectivity index (χ2v) is 3.50. The smallest absolute Gasteiger partial charge is 0.216 e. The van der Waals surface area contributed by atoms with E-state index in [1.807, 2.05) is 53.8 Å². The molecular formula is C10H11N3S. The largest absolute Gasteiger partial charge is 0.269 e. The third-order valence-corrected chi connectivity index (χ3v) is 2.62. The third-order valence-electron chi connectivity index (χ3n) is 2.27. The summed E-state index contributed by atoms with van der Waals surface area (Å²) in [4.78, 5) is 4.32. The molecule has 3 nitrogen and oxygen atoms in total. The van der Waals surface area contributed by atoms with Crippen molar-refractivity contribution in [2.45, 2.75) is 0 Å². The molecule has 0 fully saturated rings. The standard InChI is InChI=1S/C10H11N3S/c1-12-9(11-10(14)13(12)2)8-6-4-3-5-7-8/h3-7H,1-2H3. The summed E-state index contributed by atoms with van der Waals surface area (Å²) in [6.07, 6.45) is 0. The molecule has 0 spiro atoms. The SMILES string of the molecule is Cn1c(-c2ccccc2)nc(=S)n1C. The Labute approximate surface area is 87.6 Å². The minimum absolute atomic E-state index is 0.603. The molecule has 1 heterocycles. The van der Waals surface area contributed by atoms with Crippen LogP contribution in [0, 0.1) is 4.77 Å². The molecule has 0 bridgehead atoms. The van der Waals surface area contributed by atoms with Crippen molar-refractivity contribution < 1.29 is 0 Å². The lowest BCUT2D eigenvalue weighted by Gasteiger charge is -2.03. The predicted molar refractivity (Wildman–Crippen MR) is 58.4 cm³/mol. The van der Waals surface area contributed by atoms with Gasteiger partial charge in [-0.15, -0.1) is 0 Å². The van der Waals surface area contributed by atoms with Gasteiger partial charge in [0.2, 0.25) is 4.77 Å². The molecule has 0 aliphatic rings. The van der Waals surface area contributed by atoms with Gasteiger partial charge in [-0.05, 0) is 12.2 Å². The lowest BCUT2D eigenvalue weighted by atomic mass is 10.2. The molecule has 1 aromatic heterocycles. The van der Waals surface area contributed by atoms with Gasteiger partial charge in [-0.1, -0.05) is 30.3 Å². The van der Waals surface area contributed by atoms with E-state index in [0.29, 0.717) is 4.77 Å². The van der Waals surface area contributed by atoms with E-state index < -0.39 is 0 Å². The van der Waals surface area contributed by atoms with Crippen LogP contribution in [0.2, 0.25) is 0 Å². The van der Waals surface area contributed by atoms with Crippen molar-refractivity contribution in [2.24, 2.45) is 14.1 Å². The van der Waals surface area contributed by atoms with Crippen LogP contribution in [0.5, 0.6) is 0 Å². The van der Waals surface area contributed by atoms with Crippen LogP contribution in [0.1, 0.15) is 0 Å². The second-order valence-electron chi connectivity index (χ2n) is 3.13. The average Bonchev–Trinajstić information content (AvgIpc) is 2.47. The summed E-state index contributed by atoms with van der Waals surface area (Å²) in [5, 5.41) is 0. The highest BCUT2D eigenvalue weighted by Crippen LogP contribution is 2.15. The summed E-state index contributed by atoms with van der Waals surface area (Å²) in [5.41, 5.74) is 1.08. The zero-order valence-electron chi connectivity index (χ0n) is 8.14.